The van der Waals surface area contributed by atoms with Crippen molar-refractivity contribution < 1.29 is 28.9 Å². The maximum atomic E-state index is 13.0. The number of carboxylic acids is 1. The lowest BCUT2D eigenvalue weighted by Crippen LogP contribution is -2.45. The molecule has 0 aliphatic carbocycles. The Balaban J connectivity index is 1.86. The van der Waals surface area contributed by atoms with Crippen molar-refractivity contribution in [3.8, 4) is 11.5 Å². The molecule has 2 heterocycles. The largest absolute Gasteiger partial charge is 0.493 e. The fourth-order valence-electron chi connectivity index (χ4n) is 3.82. The molecule has 0 aromatic heterocycles. The van der Waals surface area contributed by atoms with E-state index in [-0.39, 0.29) is 18.4 Å². The first-order valence-corrected chi connectivity index (χ1v) is 9.41. The predicted molar refractivity (Wildman–Crippen MR) is 98.7 cm³/mol. The predicted octanol–water partition coefficient (Wildman–Crippen LogP) is 2.70. The van der Waals surface area contributed by atoms with Crippen LogP contribution in [0.1, 0.15) is 30.1 Å². The first-order valence-electron chi connectivity index (χ1n) is 9.03. The van der Waals surface area contributed by atoms with E-state index in [1.54, 1.807) is 17.0 Å². The minimum Gasteiger partial charge on any atom is -0.493 e. The fourth-order valence-corrected chi connectivity index (χ4v) is 4.09. The van der Waals surface area contributed by atoms with E-state index in [1.165, 1.54) is 7.11 Å². The molecule has 2 atom stereocenters. The smallest absolute Gasteiger partial charge is 0.311 e. The minimum absolute atomic E-state index is 0.170. The molecule has 0 spiro atoms. The van der Waals surface area contributed by atoms with E-state index < -0.39 is 11.4 Å². The van der Waals surface area contributed by atoms with E-state index in [0.29, 0.717) is 54.9 Å². The summed E-state index contributed by atoms with van der Waals surface area (Å²) in [5, 5.41) is 10.1. The number of amides is 1. The Labute approximate surface area is 163 Å². The molecule has 2 fully saturated rings. The molecular formula is C19H24ClNO6. The zero-order chi connectivity index (χ0) is 19.6. The number of aliphatic carboxylic acids is 1. The van der Waals surface area contributed by atoms with Gasteiger partial charge in [0.2, 0.25) is 0 Å². The van der Waals surface area contributed by atoms with E-state index in [1.807, 2.05) is 6.92 Å². The van der Waals surface area contributed by atoms with Crippen molar-refractivity contribution in [3.63, 3.8) is 0 Å². The molecule has 1 N–H and O–H groups in total. The molecule has 2 saturated heterocycles. The van der Waals surface area contributed by atoms with Gasteiger partial charge in [-0.2, -0.15) is 0 Å². The number of benzene rings is 1. The van der Waals surface area contributed by atoms with Crippen LogP contribution in [-0.4, -0.2) is 61.9 Å². The van der Waals surface area contributed by atoms with Crippen LogP contribution < -0.4 is 9.47 Å². The second kappa shape index (κ2) is 7.94. The molecular weight excluding hydrogens is 374 g/mol. The highest BCUT2D eigenvalue weighted by molar-refractivity contribution is 6.32. The Kier molecular flexibility index (Phi) is 5.81. The first-order chi connectivity index (χ1) is 12.9. The Morgan fingerprint density at radius 3 is 2.85 bits per heavy atom. The van der Waals surface area contributed by atoms with Crippen LogP contribution in [0.3, 0.4) is 0 Å². The van der Waals surface area contributed by atoms with Crippen LogP contribution >= 0.6 is 11.6 Å². The minimum atomic E-state index is -0.939. The van der Waals surface area contributed by atoms with E-state index in [2.05, 4.69) is 0 Å². The number of hydrogen-bond donors (Lipinski definition) is 1. The highest BCUT2D eigenvalue weighted by Gasteiger charge is 2.55. The van der Waals surface area contributed by atoms with Crippen molar-refractivity contribution in [2.24, 2.45) is 11.3 Å². The molecule has 7 nitrogen and oxygen atoms in total. The topological polar surface area (TPSA) is 85.3 Å². The van der Waals surface area contributed by atoms with Crippen LogP contribution in [0, 0.1) is 11.3 Å². The molecule has 8 heteroatoms. The number of methoxy groups -OCH3 is 1. The number of ether oxygens (including phenoxy) is 3. The maximum absolute atomic E-state index is 13.0. The molecule has 2 aliphatic rings. The number of hydrogen-bond acceptors (Lipinski definition) is 5. The zero-order valence-corrected chi connectivity index (χ0v) is 16.3. The molecule has 1 aromatic rings. The quantitative estimate of drug-likeness (QED) is 0.794. The van der Waals surface area contributed by atoms with Gasteiger partial charge in [-0.1, -0.05) is 18.5 Å². The van der Waals surface area contributed by atoms with E-state index in [0.717, 1.165) is 6.42 Å². The summed E-state index contributed by atoms with van der Waals surface area (Å²) in [4.78, 5) is 26.5. The second-order valence-electron chi connectivity index (χ2n) is 7.01. The van der Waals surface area contributed by atoms with Crippen LogP contribution in [-0.2, 0) is 9.53 Å². The number of carboxylic acid groups (broad SMARTS) is 1. The molecule has 0 saturated carbocycles. The Bertz CT molecular complexity index is 739. The van der Waals surface area contributed by atoms with Crippen molar-refractivity contribution in [1.29, 1.82) is 0 Å². The maximum Gasteiger partial charge on any atom is 0.311 e. The third-order valence-corrected chi connectivity index (χ3v) is 5.63. The molecule has 1 aromatic carbocycles. The number of carbonyl (C=O) groups is 2. The Hall–Kier alpha value is -1.99. The SMILES string of the molecule is CCCOc1c(Cl)cc(C(=O)N2C[C@H]3COCC[C@@]3(C(=O)O)C2)cc1OC. The van der Waals surface area contributed by atoms with Gasteiger partial charge in [0.25, 0.3) is 5.91 Å². The van der Waals surface area contributed by atoms with Gasteiger partial charge in [-0.25, -0.2) is 0 Å². The van der Waals surface area contributed by atoms with Gasteiger partial charge in [-0.05, 0) is 25.0 Å². The summed E-state index contributed by atoms with van der Waals surface area (Å²) < 4.78 is 16.4. The Morgan fingerprint density at radius 1 is 1.44 bits per heavy atom. The molecule has 2 aliphatic heterocycles. The summed E-state index contributed by atoms with van der Waals surface area (Å²) in [6, 6.07) is 3.13. The van der Waals surface area contributed by atoms with Crippen molar-refractivity contribution in [2.75, 3.05) is 40.0 Å². The molecule has 0 radical (unpaired) electrons. The monoisotopic (exact) mass is 397 g/mol. The highest BCUT2D eigenvalue weighted by atomic mass is 35.5. The van der Waals surface area contributed by atoms with E-state index in [4.69, 9.17) is 25.8 Å². The molecule has 1 amide bonds. The lowest BCUT2D eigenvalue weighted by molar-refractivity contribution is -0.157. The standard InChI is InChI=1S/C19H24ClNO6/c1-3-5-27-16-14(20)7-12(8-15(16)25-2)17(22)21-9-13-10-26-6-4-19(13,11-21)18(23)24/h7-8,13H,3-6,9-11H2,1-2H3,(H,23,24)/t13-,19+/m0/s1. The lowest BCUT2D eigenvalue weighted by Gasteiger charge is -2.33. The molecule has 3 rings (SSSR count). The molecule has 0 unspecified atom stereocenters. The van der Waals surface area contributed by atoms with Gasteiger partial charge in [-0.15, -0.1) is 0 Å². The van der Waals surface area contributed by atoms with Crippen LogP contribution in [0.4, 0.5) is 0 Å². The number of rotatable bonds is 6. The van der Waals surface area contributed by atoms with Crippen molar-refractivity contribution in [2.45, 2.75) is 19.8 Å². The average Bonchev–Trinajstić information content (AvgIpc) is 3.07. The number of halogens is 1. The van der Waals surface area contributed by atoms with Gasteiger partial charge in [0.05, 0.1) is 30.8 Å². The average molecular weight is 398 g/mol. The number of likely N-dealkylation sites (tertiary alicyclic amines) is 1. The van der Waals surface area contributed by atoms with Gasteiger partial charge in [0.1, 0.15) is 0 Å². The Morgan fingerprint density at radius 2 is 2.22 bits per heavy atom. The summed E-state index contributed by atoms with van der Waals surface area (Å²) in [7, 11) is 1.49. The highest BCUT2D eigenvalue weighted by Crippen LogP contribution is 2.43. The van der Waals surface area contributed by atoms with Gasteiger partial charge in [0, 0.05) is 31.2 Å². The van der Waals surface area contributed by atoms with Gasteiger partial charge in [0.15, 0.2) is 11.5 Å². The van der Waals surface area contributed by atoms with Gasteiger partial charge in [-0.3, -0.25) is 9.59 Å². The summed E-state index contributed by atoms with van der Waals surface area (Å²) in [6.07, 6.45) is 1.22. The third kappa shape index (κ3) is 3.58. The van der Waals surface area contributed by atoms with Crippen molar-refractivity contribution in [1.82, 2.24) is 4.90 Å². The van der Waals surface area contributed by atoms with Gasteiger partial charge < -0.3 is 24.2 Å². The fraction of sp³-hybridized carbons (Fsp3) is 0.579. The summed E-state index contributed by atoms with van der Waals surface area (Å²) in [6.45, 7) is 3.73. The first kappa shape index (κ1) is 19.8. The van der Waals surface area contributed by atoms with Crippen molar-refractivity contribution in [3.05, 3.63) is 22.7 Å². The molecule has 27 heavy (non-hydrogen) atoms. The third-order valence-electron chi connectivity index (χ3n) is 5.35. The summed E-state index contributed by atoms with van der Waals surface area (Å²) in [5.41, 5.74) is -0.591. The number of nitrogens with zero attached hydrogens (tertiary/aromatic N) is 1. The van der Waals surface area contributed by atoms with Crippen LogP contribution in [0.25, 0.3) is 0 Å². The van der Waals surface area contributed by atoms with Gasteiger partial charge >= 0.3 is 5.97 Å². The molecule has 148 valence electrons. The molecule has 0 bridgehead atoms. The number of carbonyl (C=O) groups excluding carboxylic acids is 1. The van der Waals surface area contributed by atoms with E-state index in [9.17, 15) is 14.7 Å². The zero-order valence-electron chi connectivity index (χ0n) is 15.5. The summed E-state index contributed by atoms with van der Waals surface area (Å²) in [5.74, 6) is -0.565. The second-order valence-corrected chi connectivity index (χ2v) is 7.41. The van der Waals surface area contributed by atoms with Crippen LogP contribution in [0.5, 0.6) is 11.5 Å². The van der Waals surface area contributed by atoms with Crippen LogP contribution in [0.2, 0.25) is 5.02 Å². The van der Waals surface area contributed by atoms with E-state index >= 15 is 0 Å². The lowest BCUT2D eigenvalue weighted by atomic mass is 9.74. The number of fused-ring (bicyclic) bond motifs is 1. The summed E-state index contributed by atoms with van der Waals surface area (Å²) >= 11 is 6.31. The van der Waals surface area contributed by atoms with Crippen molar-refractivity contribution >= 4 is 23.5 Å². The normalized spacial score (nSPS) is 24.4. The van der Waals surface area contributed by atoms with Crippen LogP contribution in [0.15, 0.2) is 12.1 Å².